The molecule has 0 aliphatic heterocycles. The number of nitrogens with zero attached hydrogens (tertiary/aromatic N) is 3. The number of carbonyl (C=O) groups is 1. The second-order valence-electron chi connectivity index (χ2n) is 4.52. The average molecular weight is 300 g/mol. The van der Waals surface area contributed by atoms with Crippen LogP contribution in [0.5, 0.6) is 0 Å². The maximum Gasteiger partial charge on any atom is 0.272 e. The highest BCUT2D eigenvalue weighted by Crippen LogP contribution is 2.20. The molecule has 1 amide bonds. The number of hydrogen-bond acceptors (Lipinski definition) is 6. The Balaban J connectivity index is 1.66. The summed E-state index contributed by atoms with van der Waals surface area (Å²) in [4.78, 5) is 23.2. The summed E-state index contributed by atoms with van der Waals surface area (Å²) in [6.07, 6.45) is 1.53. The summed E-state index contributed by atoms with van der Waals surface area (Å²) in [5, 5.41) is 10.4. The van der Waals surface area contributed by atoms with Crippen LogP contribution >= 0.6 is 0 Å². The van der Waals surface area contributed by atoms with Crippen molar-refractivity contribution in [3.8, 4) is 11.5 Å². The number of aromatic nitrogens is 3. The first-order valence-electron chi connectivity index (χ1n) is 6.45. The lowest BCUT2D eigenvalue weighted by Crippen LogP contribution is -2.28. The van der Waals surface area contributed by atoms with Gasteiger partial charge in [-0.1, -0.05) is 5.16 Å². The fourth-order valence-electron chi connectivity index (χ4n) is 1.81. The van der Waals surface area contributed by atoms with E-state index >= 15 is 0 Å². The number of rotatable bonds is 4. The molecule has 0 aliphatic rings. The highest BCUT2D eigenvalue weighted by atomic mass is 16.5. The topological polar surface area (TPSA) is 103 Å². The summed E-state index contributed by atoms with van der Waals surface area (Å²) in [6.45, 7) is 0.174. The number of aryl methyl sites for hydroxylation is 1. The number of nitrogens with one attached hydrogen (secondary N) is 1. The Morgan fingerprint density at radius 1 is 1.32 bits per heavy atom. The first-order valence-corrected chi connectivity index (χ1v) is 6.45. The molecule has 8 heteroatoms. The maximum atomic E-state index is 12.0. The minimum Gasteiger partial charge on any atom is -0.461 e. The zero-order valence-electron chi connectivity index (χ0n) is 11.6. The minimum atomic E-state index is -0.404. The SMILES string of the molecule is Cn1nc(C(=O)NCc2cc(-c3ccco3)on2)ccc1=O. The molecule has 22 heavy (non-hydrogen) atoms. The smallest absolute Gasteiger partial charge is 0.272 e. The summed E-state index contributed by atoms with van der Waals surface area (Å²) in [5.41, 5.74) is 0.414. The molecule has 0 aliphatic carbocycles. The summed E-state index contributed by atoms with van der Waals surface area (Å²) in [6, 6.07) is 7.82. The normalized spacial score (nSPS) is 10.6. The van der Waals surface area contributed by atoms with Crippen LogP contribution in [0.25, 0.3) is 11.5 Å². The monoisotopic (exact) mass is 300 g/mol. The third kappa shape index (κ3) is 2.80. The van der Waals surface area contributed by atoms with Crippen LogP contribution in [-0.4, -0.2) is 20.8 Å². The second kappa shape index (κ2) is 5.68. The van der Waals surface area contributed by atoms with Crippen molar-refractivity contribution in [3.05, 3.63) is 58.3 Å². The Morgan fingerprint density at radius 3 is 2.91 bits per heavy atom. The molecular weight excluding hydrogens is 288 g/mol. The van der Waals surface area contributed by atoms with Crippen molar-refractivity contribution in [1.82, 2.24) is 20.3 Å². The molecule has 0 spiro atoms. The van der Waals surface area contributed by atoms with Gasteiger partial charge < -0.3 is 14.3 Å². The molecule has 0 saturated carbocycles. The van der Waals surface area contributed by atoms with Gasteiger partial charge in [0, 0.05) is 19.2 Å². The van der Waals surface area contributed by atoms with Crippen LogP contribution in [-0.2, 0) is 13.6 Å². The van der Waals surface area contributed by atoms with E-state index in [1.54, 1.807) is 18.2 Å². The molecule has 3 aromatic rings. The van der Waals surface area contributed by atoms with Crippen LogP contribution in [0.15, 0.2) is 50.3 Å². The van der Waals surface area contributed by atoms with Gasteiger partial charge in [0.2, 0.25) is 5.76 Å². The fourth-order valence-corrected chi connectivity index (χ4v) is 1.81. The van der Waals surface area contributed by atoms with Gasteiger partial charge in [0.15, 0.2) is 5.76 Å². The molecule has 0 atom stereocenters. The maximum absolute atomic E-state index is 12.0. The molecule has 0 unspecified atom stereocenters. The predicted octanol–water partition coefficient (Wildman–Crippen LogP) is 0.958. The van der Waals surface area contributed by atoms with E-state index in [1.165, 1.54) is 25.4 Å². The molecule has 0 saturated heterocycles. The molecule has 0 fully saturated rings. The second-order valence-corrected chi connectivity index (χ2v) is 4.52. The van der Waals surface area contributed by atoms with Gasteiger partial charge in [0.1, 0.15) is 11.4 Å². The molecule has 0 radical (unpaired) electrons. The molecule has 3 aromatic heterocycles. The summed E-state index contributed by atoms with van der Waals surface area (Å²) >= 11 is 0. The lowest BCUT2D eigenvalue weighted by molar-refractivity contribution is 0.0942. The van der Waals surface area contributed by atoms with E-state index in [9.17, 15) is 9.59 Å². The van der Waals surface area contributed by atoms with Crippen molar-refractivity contribution >= 4 is 5.91 Å². The zero-order valence-corrected chi connectivity index (χ0v) is 11.6. The fraction of sp³-hybridized carbons (Fsp3) is 0.143. The highest BCUT2D eigenvalue weighted by Gasteiger charge is 2.12. The van der Waals surface area contributed by atoms with E-state index in [1.807, 2.05) is 0 Å². The number of amides is 1. The first kappa shape index (κ1) is 13.8. The highest BCUT2D eigenvalue weighted by molar-refractivity contribution is 5.91. The number of furan rings is 1. The van der Waals surface area contributed by atoms with Gasteiger partial charge in [0.25, 0.3) is 11.5 Å². The van der Waals surface area contributed by atoms with Crippen molar-refractivity contribution in [2.75, 3.05) is 0 Å². The molecule has 3 heterocycles. The molecular formula is C14H12N4O4. The van der Waals surface area contributed by atoms with E-state index < -0.39 is 5.91 Å². The van der Waals surface area contributed by atoms with Crippen LogP contribution in [0.4, 0.5) is 0 Å². The van der Waals surface area contributed by atoms with Crippen molar-refractivity contribution in [2.45, 2.75) is 6.54 Å². The summed E-state index contributed by atoms with van der Waals surface area (Å²) in [5.74, 6) is 0.637. The van der Waals surface area contributed by atoms with E-state index in [0.29, 0.717) is 17.2 Å². The van der Waals surface area contributed by atoms with Crippen LogP contribution in [0, 0.1) is 0 Å². The predicted molar refractivity (Wildman–Crippen MR) is 74.9 cm³/mol. The van der Waals surface area contributed by atoms with Crippen molar-refractivity contribution in [1.29, 1.82) is 0 Å². The summed E-state index contributed by atoms with van der Waals surface area (Å²) in [7, 11) is 1.48. The van der Waals surface area contributed by atoms with Crippen LogP contribution < -0.4 is 10.9 Å². The standard InChI is InChI=1S/C14H12N4O4/c1-18-13(19)5-4-10(16-18)14(20)15-8-9-7-12(22-17-9)11-3-2-6-21-11/h2-7H,8H2,1H3,(H,15,20). The average Bonchev–Trinajstić information content (AvgIpc) is 3.18. The lowest BCUT2D eigenvalue weighted by atomic mass is 10.3. The number of hydrogen-bond donors (Lipinski definition) is 1. The van der Waals surface area contributed by atoms with Gasteiger partial charge in [0.05, 0.1) is 12.8 Å². The van der Waals surface area contributed by atoms with E-state index in [2.05, 4.69) is 15.6 Å². The van der Waals surface area contributed by atoms with E-state index in [0.717, 1.165) is 4.68 Å². The van der Waals surface area contributed by atoms with Gasteiger partial charge in [-0.2, -0.15) is 5.10 Å². The molecule has 1 N–H and O–H groups in total. The third-order valence-electron chi connectivity index (χ3n) is 2.95. The largest absolute Gasteiger partial charge is 0.461 e. The van der Waals surface area contributed by atoms with Gasteiger partial charge in [-0.3, -0.25) is 9.59 Å². The van der Waals surface area contributed by atoms with Gasteiger partial charge in [-0.15, -0.1) is 0 Å². The van der Waals surface area contributed by atoms with Crippen molar-refractivity contribution < 1.29 is 13.7 Å². The van der Waals surface area contributed by atoms with Gasteiger partial charge in [-0.05, 0) is 18.2 Å². The molecule has 3 rings (SSSR count). The van der Waals surface area contributed by atoms with E-state index in [-0.39, 0.29) is 17.8 Å². The quantitative estimate of drug-likeness (QED) is 0.769. The Bertz CT molecular complexity index is 848. The van der Waals surface area contributed by atoms with Crippen molar-refractivity contribution in [2.24, 2.45) is 7.05 Å². The van der Waals surface area contributed by atoms with Crippen LogP contribution in [0.1, 0.15) is 16.2 Å². The first-order chi connectivity index (χ1) is 10.6. The van der Waals surface area contributed by atoms with Crippen LogP contribution in [0.3, 0.4) is 0 Å². The molecule has 112 valence electrons. The van der Waals surface area contributed by atoms with Crippen LogP contribution in [0.2, 0.25) is 0 Å². The molecule has 8 nitrogen and oxygen atoms in total. The zero-order chi connectivity index (χ0) is 15.5. The number of carbonyl (C=O) groups excluding carboxylic acids is 1. The summed E-state index contributed by atoms with van der Waals surface area (Å²) < 4.78 is 11.4. The third-order valence-corrected chi connectivity index (χ3v) is 2.95. The lowest BCUT2D eigenvalue weighted by Gasteiger charge is -2.03. The Kier molecular flexibility index (Phi) is 3.57. The van der Waals surface area contributed by atoms with Gasteiger partial charge in [-0.25, -0.2) is 4.68 Å². The molecule has 0 bridgehead atoms. The Morgan fingerprint density at radius 2 is 2.18 bits per heavy atom. The van der Waals surface area contributed by atoms with E-state index in [4.69, 9.17) is 8.94 Å². The molecule has 0 aromatic carbocycles. The Hall–Kier alpha value is -3.16. The Labute approximate surface area is 124 Å². The van der Waals surface area contributed by atoms with Gasteiger partial charge >= 0.3 is 0 Å². The minimum absolute atomic E-state index is 0.150. The van der Waals surface area contributed by atoms with Crippen molar-refractivity contribution in [3.63, 3.8) is 0 Å².